The van der Waals surface area contributed by atoms with Gasteiger partial charge in [-0.1, -0.05) is 55.3 Å². The van der Waals surface area contributed by atoms with Crippen molar-refractivity contribution in [3.05, 3.63) is 94.5 Å². The number of aliphatic hydroxyl groups is 1. The van der Waals surface area contributed by atoms with Crippen LogP contribution in [0.15, 0.2) is 66.7 Å². The van der Waals surface area contributed by atoms with E-state index in [2.05, 4.69) is 5.32 Å². The van der Waals surface area contributed by atoms with Crippen LogP contribution in [0.1, 0.15) is 57.4 Å². The second-order valence-corrected chi connectivity index (χ2v) is 8.30. The number of ether oxygens (including phenoxy) is 2. The summed E-state index contributed by atoms with van der Waals surface area (Å²) in [5.41, 5.74) is 3.31. The standard InChI is InChI=1S/C27H29NO5/c1-17(2)28-16-23(29)22-13-14-24(32-26(30)20-9-5-18(3)6-10-20)25(15-22)33-27(31)21-11-7-19(4)8-12-21/h5-15,17,23,28-29H,16H2,1-4H3/t23-/m1/s1. The summed E-state index contributed by atoms with van der Waals surface area (Å²) in [6.45, 7) is 8.14. The summed E-state index contributed by atoms with van der Waals surface area (Å²) < 4.78 is 11.1. The lowest BCUT2D eigenvalue weighted by Crippen LogP contribution is -2.27. The third kappa shape index (κ3) is 6.75. The molecule has 3 aromatic carbocycles. The van der Waals surface area contributed by atoms with E-state index in [0.717, 1.165) is 11.1 Å². The Bertz CT molecular complexity index is 1100. The number of nitrogens with one attached hydrogen (secondary N) is 1. The molecule has 33 heavy (non-hydrogen) atoms. The number of aliphatic hydroxyl groups excluding tert-OH is 1. The normalized spacial score (nSPS) is 11.8. The van der Waals surface area contributed by atoms with Crippen LogP contribution in [0.25, 0.3) is 0 Å². The maximum absolute atomic E-state index is 12.7. The predicted molar refractivity (Wildman–Crippen MR) is 127 cm³/mol. The average Bonchev–Trinajstić information content (AvgIpc) is 2.79. The fraction of sp³-hybridized carbons (Fsp3) is 0.259. The van der Waals surface area contributed by atoms with Gasteiger partial charge in [0.2, 0.25) is 0 Å². The number of rotatable bonds is 8. The topological polar surface area (TPSA) is 84.9 Å². The highest BCUT2D eigenvalue weighted by atomic mass is 16.6. The van der Waals surface area contributed by atoms with Crippen LogP contribution in [0, 0.1) is 13.8 Å². The third-order valence-corrected chi connectivity index (χ3v) is 5.05. The molecule has 0 fully saturated rings. The van der Waals surface area contributed by atoms with Crippen molar-refractivity contribution in [3.8, 4) is 11.5 Å². The Hall–Kier alpha value is -3.48. The Morgan fingerprint density at radius 1 is 0.788 bits per heavy atom. The van der Waals surface area contributed by atoms with Gasteiger partial charge in [0.25, 0.3) is 0 Å². The molecule has 172 valence electrons. The lowest BCUT2D eigenvalue weighted by Gasteiger charge is -2.17. The van der Waals surface area contributed by atoms with Crippen LogP contribution >= 0.6 is 0 Å². The SMILES string of the molecule is Cc1ccc(C(=O)Oc2ccc([C@H](O)CNC(C)C)cc2OC(=O)c2ccc(C)cc2)cc1. The molecular formula is C27H29NO5. The summed E-state index contributed by atoms with van der Waals surface area (Å²) in [6, 6.07) is 18.8. The molecule has 0 unspecified atom stereocenters. The van der Waals surface area contributed by atoms with Crippen molar-refractivity contribution >= 4 is 11.9 Å². The first-order valence-electron chi connectivity index (χ1n) is 10.9. The summed E-state index contributed by atoms with van der Waals surface area (Å²) in [6.07, 6.45) is -0.828. The molecule has 0 saturated heterocycles. The summed E-state index contributed by atoms with van der Waals surface area (Å²) in [4.78, 5) is 25.4. The quantitative estimate of drug-likeness (QED) is 0.382. The summed E-state index contributed by atoms with van der Waals surface area (Å²) >= 11 is 0. The molecule has 3 rings (SSSR count). The van der Waals surface area contributed by atoms with Crippen LogP contribution in [0.4, 0.5) is 0 Å². The van der Waals surface area contributed by atoms with Crippen molar-refractivity contribution in [1.82, 2.24) is 5.32 Å². The first-order chi connectivity index (χ1) is 15.7. The van der Waals surface area contributed by atoms with Crippen LogP contribution in [-0.2, 0) is 0 Å². The molecule has 2 N–H and O–H groups in total. The third-order valence-electron chi connectivity index (χ3n) is 5.05. The molecule has 0 radical (unpaired) electrons. The largest absolute Gasteiger partial charge is 0.419 e. The van der Waals surface area contributed by atoms with Crippen molar-refractivity contribution < 1.29 is 24.2 Å². The van der Waals surface area contributed by atoms with Gasteiger partial charge in [-0.2, -0.15) is 0 Å². The van der Waals surface area contributed by atoms with Crippen LogP contribution in [0.3, 0.4) is 0 Å². The fourth-order valence-electron chi connectivity index (χ4n) is 3.06. The van der Waals surface area contributed by atoms with Gasteiger partial charge in [-0.15, -0.1) is 0 Å². The zero-order valence-electron chi connectivity index (χ0n) is 19.3. The highest BCUT2D eigenvalue weighted by molar-refractivity contribution is 5.93. The molecule has 0 bridgehead atoms. The molecule has 6 heteroatoms. The maximum atomic E-state index is 12.7. The van der Waals surface area contributed by atoms with Crippen molar-refractivity contribution in [1.29, 1.82) is 0 Å². The monoisotopic (exact) mass is 447 g/mol. The Kier molecular flexibility index (Phi) is 7.98. The Balaban J connectivity index is 1.88. The van der Waals surface area contributed by atoms with Crippen molar-refractivity contribution in [2.75, 3.05) is 6.54 Å². The van der Waals surface area contributed by atoms with Gasteiger partial charge in [0.15, 0.2) is 11.5 Å². The molecule has 6 nitrogen and oxygen atoms in total. The zero-order chi connectivity index (χ0) is 24.0. The van der Waals surface area contributed by atoms with Gasteiger partial charge >= 0.3 is 11.9 Å². The molecule has 0 aliphatic carbocycles. The second kappa shape index (κ2) is 10.9. The van der Waals surface area contributed by atoms with Gasteiger partial charge in [0.05, 0.1) is 17.2 Å². The molecule has 3 aromatic rings. The number of carbonyl (C=O) groups is 2. The van der Waals surface area contributed by atoms with Crippen molar-refractivity contribution in [3.63, 3.8) is 0 Å². The highest BCUT2D eigenvalue weighted by Gasteiger charge is 2.19. The Morgan fingerprint density at radius 3 is 1.76 bits per heavy atom. The molecule has 0 aromatic heterocycles. The van der Waals surface area contributed by atoms with E-state index in [1.807, 2.05) is 52.0 Å². The highest BCUT2D eigenvalue weighted by Crippen LogP contribution is 2.32. The molecule has 1 atom stereocenters. The molecule has 0 saturated carbocycles. The van der Waals surface area contributed by atoms with E-state index in [0.29, 0.717) is 23.2 Å². The Labute approximate surface area is 194 Å². The van der Waals surface area contributed by atoms with Crippen molar-refractivity contribution in [2.24, 2.45) is 0 Å². The fourth-order valence-corrected chi connectivity index (χ4v) is 3.06. The number of carbonyl (C=O) groups excluding carboxylic acids is 2. The Morgan fingerprint density at radius 2 is 1.27 bits per heavy atom. The van der Waals surface area contributed by atoms with E-state index in [1.165, 1.54) is 12.1 Å². The zero-order valence-corrected chi connectivity index (χ0v) is 19.3. The van der Waals surface area contributed by atoms with Crippen molar-refractivity contribution in [2.45, 2.75) is 39.8 Å². The van der Waals surface area contributed by atoms with Gasteiger partial charge in [-0.05, 0) is 55.8 Å². The molecule has 0 heterocycles. The minimum atomic E-state index is -0.828. The van der Waals surface area contributed by atoms with Gasteiger partial charge in [-0.3, -0.25) is 0 Å². The van der Waals surface area contributed by atoms with E-state index in [1.54, 1.807) is 30.3 Å². The van der Waals surface area contributed by atoms with Gasteiger partial charge in [0, 0.05) is 12.6 Å². The lowest BCUT2D eigenvalue weighted by atomic mass is 10.1. The van der Waals surface area contributed by atoms with E-state index in [9.17, 15) is 14.7 Å². The molecule has 0 amide bonds. The molecule has 0 aliphatic rings. The van der Waals surface area contributed by atoms with Crippen LogP contribution in [0.5, 0.6) is 11.5 Å². The smallest absolute Gasteiger partial charge is 0.343 e. The van der Waals surface area contributed by atoms with Crippen LogP contribution in [-0.4, -0.2) is 29.6 Å². The number of benzene rings is 3. The minimum absolute atomic E-state index is 0.0575. The predicted octanol–water partition coefficient (Wildman–Crippen LogP) is 4.77. The summed E-state index contributed by atoms with van der Waals surface area (Å²) in [7, 11) is 0. The molecular weight excluding hydrogens is 418 g/mol. The van der Waals surface area contributed by atoms with E-state index >= 15 is 0 Å². The minimum Gasteiger partial charge on any atom is -0.419 e. The number of hydrogen-bond donors (Lipinski definition) is 2. The van der Waals surface area contributed by atoms with Gasteiger partial charge < -0.3 is 19.9 Å². The summed E-state index contributed by atoms with van der Waals surface area (Å²) in [5, 5.41) is 13.7. The van der Waals surface area contributed by atoms with Gasteiger partial charge in [0.1, 0.15) is 0 Å². The number of aryl methyl sites for hydroxylation is 2. The first-order valence-corrected chi connectivity index (χ1v) is 10.9. The van der Waals surface area contributed by atoms with Crippen LogP contribution < -0.4 is 14.8 Å². The molecule has 0 spiro atoms. The average molecular weight is 448 g/mol. The van der Waals surface area contributed by atoms with E-state index in [-0.39, 0.29) is 17.5 Å². The number of esters is 2. The first kappa shape index (κ1) is 24.2. The van der Waals surface area contributed by atoms with Crippen LogP contribution in [0.2, 0.25) is 0 Å². The number of hydrogen-bond acceptors (Lipinski definition) is 6. The maximum Gasteiger partial charge on any atom is 0.343 e. The van der Waals surface area contributed by atoms with E-state index in [4.69, 9.17) is 9.47 Å². The van der Waals surface area contributed by atoms with Gasteiger partial charge in [-0.25, -0.2) is 9.59 Å². The summed E-state index contributed by atoms with van der Waals surface area (Å²) in [5.74, 6) is -1.01. The lowest BCUT2D eigenvalue weighted by molar-refractivity contribution is 0.0681. The second-order valence-electron chi connectivity index (χ2n) is 8.30. The molecule has 0 aliphatic heterocycles. The van der Waals surface area contributed by atoms with E-state index < -0.39 is 18.0 Å².